The van der Waals surface area contributed by atoms with Crippen molar-refractivity contribution in [1.29, 1.82) is 0 Å². The summed E-state index contributed by atoms with van der Waals surface area (Å²) in [6, 6.07) is 2.95. The Morgan fingerprint density at radius 1 is 1.38 bits per heavy atom. The highest BCUT2D eigenvalue weighted by molar-refractivity contribution is 5.70. The summed E-state index contributed by atoms with van der Waals surface area (Å²) in [4.78, 5) is 10.2. The minimum atomic E-state index is -1.41. The van der Waals surface area contributed by atoms with Gasteiger partial charge in [0, 0.05) is 11.8 Å². The minimum absolute atomic E-state index is 0.0654. The first-order chi connectivity index (χ1) is 6.00. The monoisotopic (exact) mass is 182 g/mol. The molecule has 0 aliphatic rings. The van der Waals surface area contributed by atoms with Gasteiger partial charge < -0.3 is 21.3 Å². The first-order valence-electron chi connectivity index (χ1n) is 3.57. The SMILES string of the molecule is Cc1cc(N)c(OC(=O)O)cc1N. The standard InChI is InChI=1S/C8H10N2O3/c1-4-2-6(10)7(3-5(4)9)13-8(11)12/h2-3H,9-10H2,1H3,(H,11,12). The van der Waals surface area contributed by atoms with Crippen molar-refractivity contribution in [1.82, 2.24) is 0 Å². The average Bonchev–Trinajstić information content (AvgIpc) is 1.99. The maximum Gasteiger partial charge on any atom is 0.511 e. The number of anilines is 2. The van der Waals surface area contributed by atoms with Gasteiger partial charge in [-0.1, -0.05) is 0 Å². The molecule has 1 aromatic carbocycles. The lowest BCUT2D eigenvalue weighted by molar-refractivity contribution is 0.145. The summed E-state index contributed by atoms with van der Waals surface area (Å²) in [6.45, 7) is 1.77. The Labute approximate surface area is 74.9 Å². The second-order valence-electron chi connectivity index (χ2n) is 2.61. The molecule has 0 radical (unpaired) electrons. The molecule has 0 fully saturated rings. The van der Waals surface area contributed by atoms with Crippen LogP contribution in [-0.4, -0.2) is 11.3 Å². The molecule has 13 heavy (non-hydrogen) atoms. The zero-order chi connectivity index (χ0) is 10.0. The third-order valence-electron chi connectivity index (χ3n) is 1.60. The van der Waals surface area contributed by atoms with Gasteiger partial charge in [0.15, 0.2) is 5.75 Å². The van der Waals surface area contributed by atoms with Crippen molar-refractivity contribution < 1.29 is 14.6 Å². The van der Waals surface area contributed by atoms with Gasteiger partial charge in [-0.2, -0.15) is 0 Å². The van der Waals surface area contributed by atoms with Crippen LogP contribution in [-0.2, 0) is 0 Å². The maximum absolute atomic E-state index is 10.2. The van der Waals surface area contributed by atoms with E-state index in [0.717, 1.165) is 5.56 Å². The van der Waals surface area contributed by atoms with Gasteiger partial charge in [0.1, 0.15) is 0 Å². The van der Waals surface area contributed by atoms with Crippen LogP contribution in [0.3, 0.4) is 0 Å². The molecule has 0 amide bonds. The molecule has 0 saturated carbocycles. The van der Waals surface area contributed by atoms with Crippen molar-refractivity contribution >= 4 is 17.5 Å². The first-order valence-corrected chi connectivity index (χ1v) is 3.57. The van der Waals surface area contributed by atoms with Gasteiger partial charge in [-0.05, 0) is 18.6 Å². The average molecular weight is 182 g/mol. The fourth-order valence-corrected chi connectivity index (χ4v) is 0.909. The number of nitrogens with two attached hydrogens (primary N) is 2. The van der Waals surface area contributed by atoms with Crippen LogP contribution in [0.2, 0.25) is 0 Å². The summed E-state index contributed by atoms with van der Waals surface area (Å²) in [7, 11) is 0. The summed E-state index contributed by atoms with van der Waals surface area (Å²) in [5.74, 6) is 0.0654. The molecule has 0 spiro atoms. The number of aryl methyl sites for hydroxylation is 1. The Hall–Kier alpha value is -1.91. The molecule has 1 aromatic rings. The van der Waals surface area contributed by atoms with Crippen molar-refractivity contribution in [3.8, 4) is 5.75 Å². The van der Waals surface area contributed by atoms with Crippen LogP contribution >= 0.6 is 0 Å². The van der Waals surface area contributed by atoms with Crippen molar-refractivity contribution in [3.05, 3.63) is 17.7 Å². The van der Waals surface area contributed by atoms with Crippen LogP contribution in [0.25, 0.3) is 0 Å². The zero-order valence-electron chi connectivity index (χ0n) is 7.07. The summed E-state index contributed by atoms with van der Waals surface area (Å²) >= 11 is 0. The number of carbonyl (C=O) groups is 1. The van der Waals surface area contributed by atoms with Gasteiger partial charge in [-0.15, -0.1) is 0 Å². The molecule has 0 saturated heterocycles. The molecule has 70 valence electrons. The highest BCUT2D eigenvalue weighted by Crippen LogP contribution is 2.27. The Morgan fingerprint density at radius 2 is 2.00 bits per heavy atom. The molecule has 0 aliphatic heterocycles. The molecule has 0 heterocycles. The van der Waals surface area contributed by atoms with E-state index in [4.69, 9.17) is 16.6 Å². The van der Waals surface area contributed by atoms with E-state index in [1.165, 1.54) is 6.07 Å². The quantitative estimate of drug-likeness (QED) is 0.344. The van der Waals surface area contributed by atoms with Crippen LogP contribution in [0.4, 0.5) is 16.2 Å². The normalized spacial score (nSPS) is 9.62. The van der Waals surface area contributed by atoms with E-state index in [2.05, 4.69) is 4.74 Å². The topological polar surface area (TPSA) is 98.6 Å². The summed E-state index contributed by atoms with van der Waals surface area (Å²) in [6.07, 6.45) is -1.41. The van der Waals surface area contributed by atoms with E-state index in [0.29, 0.717) is 5.69 Å². The number of ether oxygens (including phenoxy) is 1. The smallest absolute Gasteiger partial charge is 0.449 e. The third-order valence-corrected chi connectivity index (χ3v) is 1.60. The molecule has 5 heteroatoms. The van der Waals surface area contributed by atoms with E-state index in [9.17, 15) is 4.79 Å². The largest absolute Gasteiger partial charge is 0.511 e. The highest BCUT2D eigenvalue weighted by atomic mass is 16.7. The van der Waals surface area contributed by atoms with E-state index < -0.39 is 6.16 Å². The highest BCUT2D eigenvalue weighted by Gasteiger charge is 2.07. The third kappa shape index (κ3) is 2.02. The van der Waals surface area contributed by atoms with Crippen LogP contribution < -0.4 is 16.2 Å². The fraction of sp³-hybridized carbons (Fsp3) is 0.125. The molecule has 0 unspecified atom stereocenters. The number of hydrogen-bond acceptors (Lipinski definition) is 4. The van der Waals surface area contributed by atoms with Crippen LogP contribution in [0.1, 0.15) is 5.56 Å². The Bertz CT molecular complexity index is 349. The number of carboxylic acid groups (broad SMARTS) is 1. The maximum atomic E-state index is 10.2. The van der Waals surface area contributed by atoms with Gasteiger partial charge in [-0.25, -0.2) is 4.79 Å². The van der Waals surface area contributed by atoms with Gasteiger partial charge in [0.25, 0.3) is 0 Å². The molecule has 0 aliphatic carbocycles. The number of benzene rings is 1. The van der Waals surface area contributed by atoms with Gasteiger partial charge in [-0.3, -0.25) is 0 Å². The molecule has 0 aromatic heterocycles. The fourth-order valence-electron chi connectivity index (χ4n) is 0.909. The Balaban J connectivity index is 3.08. The predicted octanol–water partition coefficient (Wildman–Crippen LogP) is 1.22. The van der Waals surface area contributed by atoms with Crippen LogP contribution in [0.15, 0.2) is 12.1 Å². The molecule has 5 N–H and O–H groups in total. The second kappa shape index (κ2) is 3.22. The summed E-state index contributed by atoms with van der Waals surface area (Å²) < 4.78 is 4.39. The van der Waals surface area contributed by atoms with Crippen LogP contribution in [0.5, 0.6) is 5.75 Å². The minimum Gasteiger partial charge on any atom is -0.449 e. The van der Waals surface area contributed by atoms with Gasteiger partial charge in [0.2, 0.25) is 0 Å². The van der Waals surface area contributed by atoms with Crippen LogP contribution in [0, 0.1) is 6.92 Å². The predicted molar refractivity (Wildman–Crippen MR) is 48.7 cm³/mol. The van der Waals surface area contributed by atoms with Crippen molar-refractivity contribution in [3.63, 3.8) is 0 Å². The molecule has 0 bridgehead atoms. The number of rotatable bonds is 1. The summed E-state index contributed by atoms with van der Waals surface area (Å²) in [5.41, 5.74) is 12.5. The van der Waals surface area contributed by atoms with Crippen molar-refractivity contribution in [2.75, 3.05) is 11.5 Å². The van der Waals surface area contributed by atoms with E-state index in [-0.39, 0.29) is 11.4 Å². The first kappa shape index (κ1) is 9.18. The van der Waals surface area contributed by atoms with Crippen molar-refractivity contribution in [2.45, 2.75) is 6.92 Å². The number of hydrogen-bond donors (Lipinski definition) is 3. The van der Waals surface area contributed by atoms with Crippen molar-refractivity contribution in [2.24, 2.45) is 0 Å². The Kier molecular flexibility index (Phi) is 2.27. The second-order valence-corrected chi connectivity index (χ2v) is 2.61. The molecular weight excluding hydrogens is 172 g/mol. The lowest BCUT2D eigenvalue weighted by atomic mass is 10.2. The molecule has 5 nitrogen and oxygen atoms in total. The Morgan fingerprint density at radius 3 is 2.54 bits per heavy atom. The number of nitrogen functional groups attached to an aromatic ring is 2. The van der Waals surface area contributed by atoms with Gasteiger partial charge in [0.05, 0.1) is 5.69 Å². The molecular formula is C8H10N2O3. The lowest BCUT2D eigenvalue weighted by Gasteiger charge is -2.06. The van der Waals surface area contributed by atoms with Gasteiger partial charge >= 0.3 is 6.16 Å². The van der Waals surface area contributed by atoms with E-state index >= 15 is 0 Å². The summed E-state index contributed by atoms with van der Waals surface area (Å²) in [5, 5.41) is 8.33. The molecule has 1 rings (SSSR count). The zero-order valence-corrected chi connectivity index (χ0v) is 7.07. The van der Waals surface area contributed by atoms with E-state index in [1.54, 1.807) is 13.0 Å². The lowest BCUT2D eigenvalue weighted by Crippen LogP contribution is -2.06. The van der Waals surface area contributed by atoms with E-state index in [1.807, 2.05) is 0 Å². The molecule has 0 atom stereocenters.